The van der Waals surface area contributed by atoms with Crippen LogP contribution in [0.25, 0.3) is 0 Å². The quantitative estimate of drug-likeness (QED) is 0.802. The number of rotatable bonds is 6. The van der Waals surface area contributed by atoms with Gasteiger partial charge in [0.15, 0.2) is 0 Å². The van der Waals surface area contributed by atoms with Crippen LogP contribution in [0, 0.1) is 13.8 Å². The van der Waals surface area contributed by atoms with Crippen LogP contribution in [0.15, 0.2) is 18.2 Å². The summed E-state index contributed by atoms with van der Waals surface area (Å²) in [5, 5.41) is 3.48. The molecule has 1 N–H and O–H groups in total. The molecule has 0 aliphatic heterocycles. The average molecular weight is 263 g/mol. The first-order valence-electron chi connectivity index (χ1n) is 6.82. The van der Waals surface area contributed by atoms with Gasteiger partial charge in [-0.2, -0.15) is 0 Å². The Morgan fingerprint density at radius 3 is 2.32 bits per heavy atom. The highest BCUT2D eigenvalue weighted by atomic mass is 16.5. The first kappa shape index (κ1) is 15.7. The second kappa shape index (κ2) is 6.71. The van der Waals surface area contributed by atoms with Crippen molar-refractivity contribution in [1.29, 1.82) is 0 Å². The SMILES string of the molecule is CCCNC(C)(CC(=O)OC)c1cc(C)cc(C)c1. The van der Waals surface area contributed by atoms with Crippen molar-refractivity contribution in [2.75, 3.05) is 13.7 Å². The maximum Gasteiger partial charge on any atom is 0.307 e. The van der Waals surface area contributed by atoms with Crippen molar-refractivity contribution >= 4 is 5.97 Å². The molecule has 0 fully saturated rings. The van der Waals surface area contributed by atoms with Gasteiger partial charge in [0.1, 0.15) is 0 Å². The summed E-state index contributed by atoms with van der Waals surface area (Å²) in [6.45, 7) is 9.21. The van der Waals surface area contributed by atoms with Gasteiger partial charge in [0.2, 0.25) is 0 Å². The van der Waals surface area contributed by atoms with Gasteiger partial charge in [-0.05, 0) is 39.3 Å². The van der Waals surface area contributed by atoms with Gasteiger partial charge in [0, 0.05) is 0 Å². The summed E-state index contributed by atoms with van der Waals surface area (Å²) in [6.07, 6.45) is 1.37. The summed E-state index contributed by atoms with van der Waals surface area (Å²) in [5.41, 5.74) is 3.19. The van der Waals surface area contributed by atoms with Gasteiger partial charge in [-0.25, -0.2) is 0 Å². The monoisotopic (exact) mass is 263 g/mol. The standard InChI is InChI=1S/C16H25NO2/c1-6-7-17-16(4,11-15(18)19-5)14-9-12(2)8-13(3)10-14/h8-10,17H,6-7,11H2,1-5H3. The van der Waals surface area contributed by atoms with Crippen LogP contribution in [0.1, 0.15) is 43.4 Å². The second-order valence-electron chi connectivity index (χ2n) is 5.39. The number of nitrogens with one attached hydrogen (secondary N) is 1. The number of hydrogen-bond donors (Lipinski definition) is 1. The van der Waals surface area contributed by atoms with E-state index in [2.05, 4.69) is 51.2 Å². The largest absolute Gasteiger partial charge is 0.469 e. The van der Waals surface area contributed by atoms with Crippen LogP contribution in [-0.4, -0.2) is 19.6 Å². The molecule has 0 bridgehead atoms. The van der Waals surface area contributed by atoms with Gasteiger partial charge in [-0.1, -0.05) is 36.2 Å². The molecule has 0 heterocycles. The predicted octanol–water partition coefficient (Wildman–Crippen LogP) is 3.08. The lowest BCUT2D eigenvalue weighted by Gasteiger charge is -2.31. The zero-order chi connectivity index (χ0) is 14.5. The first-order valence-corrected chi connectivity index (χ1v) is 6.82. The van der Waals surface area contributed by atoms with Gasteiger partial charge >= 0.3 is 5.97 Å². The van der Waals surface area contributed by atoms with Crippen molar-refractivity contribution in [3.63, 3.8) is 0 Å². The Morgan fingerprint density at radius 1 is 1.26 bits per heavy atom. The molecule has 106 valence electrons. The van der Waals surface area contributed by atoms with Crippen molar-refractivity contribution in [3.8, 4) is 0 Å². The predicted molar refractivity (Wildman–Crippen MR) is 78.2 cm³/mol. The van der Waals surface area contributed by atoms with Crippen LogP contribution in [0.2, 0.25) is 0 Å². The molecule has 0 amide bonds. The molecule has 0 aromatic heterocycles. The van der Waals surface area contributed by atoms with Gasteiger partial charge in [0.05, 0.1) is 19.1 Å². The van der Waals surface area contributed by atoms with Crippen molar-refractivity contribution < 1.29 is 9.53 Å². The van der Waals surface area contributed by atoms with Gasteiger partial charge in [0.25, 0.3) is 0 Å². The lowest BCUT2D eigenvalue weighted by molar-refractivity contribution is -0.142. The van der Waals surface area contributed by atoms with E-state index in [1.54, 1.807) is 0 Å². The molecule has 3 nitrogen and oxygen atoms in total. The highest BCUT2D eigenvalue weighted by Gasteiger charge is 2.29. The maximum absolute atomic E-state index is 11.7. The number of carbonyl (C=O) groups excluding carboxylic acids is 1. The van der Waals surface area contributed by atoms with Crippen molar-refractivity contribution in [1.82, 2.24) is 5.32 Å². The van der Waals surface area contributed by atoms with E-state index < -0.39 is 0 Å². The van der Waals surface area contributed by atoms with Gasteiger partial charge in [-0.15, -0.1) is 0 Å². The zero-order valence-corrected chi connectivity index (χ0v) is 12.7. The molecule has 1 aromatic carbocycles. The van der Waals surface area contributed by atoms with E-state index in [9.17, 15) is 4.79 Å². The first-order chi connectivity index (χ1) is 8.91. The average Bonchev–Trinajstić information content (AvgIpc) is 2.35. The Balaban J connectivity index is 3.09. The molecular weight excluding hydrogens is 238 g/mol. The van der Waals surface area contributed by atoms with Crippen molar-refractivity contribution in [3.05, 3.63) is 34.9 Å². The second-order valence-corrected chi connectivity index (χ2v) is 5.39. The third-order valence-corrected chi connectivity index (χ3v) is 3.35. The lowest BCUT2D eigenvalue weighted by Crippen LogP contribution is -2.42. The van der Waals surface area contributed by atoms with Crippen LogP contribution < -0.4 is 5.32 Å². The molecule has 1 atom stereocenters. The van der Waals surface area contributed by atoms with Gasteiger partial charge in [-0.3, -0.25) is 4.79 Å². The smallest absolute Gasteiger partial charge is 0.307 e. The lowest BCUT2D eigenvalue weighted by atomic mass is 9.86. The fraction of sp³-hybridized carbons (Fsp3) is 0.562. The van der Waals surface area contributed by atoms with Crippen molar-refractivity contribution in [2.45, 2.75) is 46.1 Å². The molecule has 0 radical (unpaired) electrons. The Hall–Kier alpha value is -1.35. The van der Waals surface area contributed by atoms with E-state index in [0.29, 0.717) is 6.42 Å². The minimum atomic E-state index is -0.375. The molecule has 0 aliphatic carbocycles. The normalized spacial score (nSPS) is 13.9. The Bertz CT molecular complexity index is 422. The minimum absolute atomic E-state index is 0.190. The molecule has 0 aliphatic rings. The molecule has 0 saturated carbocycles. The number of hydrogen-bond acceptors (Lipinski definition) is 3. The molecule has 1 rings (SSSR count). The number of carbonyl (C=O) groups is 1. The molecule has 0 saturated heterocycles. The summed E-state index contributed by atoms with van der Waals surface area (Å²) >= 11 is 0. The number of ether oxygens (including phenoxy) is 1. The van der Waals surface area contributed by atoms with E-state index >= 15 is 0 Å². The van der Waals surface area contributed by atoms with Gasteiger partial charge < -0.3 is 10.1 Å². The minimum Gasteiger partial charge on any atom is -0.469 e. The molecule has 0 spiro atoms. The number of aryl methyl sites for hydroxylation is 2. The summed E-state index contributed by atoms with van der Waals surface area (Å²) in [4.78, 5) is 11.7. The third-order valence-electron chi connectivity index (χ3n) is 3.35. The van der Waals surface area contributed by atoms with Crippen LogP contribution in [0.5, 0.6) is 0 Å². The number of benzene rings is 1. The van der Waals surface area contributed by atoms with Crippen LogP contribution in [0.4, 0.5) is 0 Å². The van der Waals surface area contributed by atoms with E-state index in [4.69, 9.17) is 4.74 Å². The summed E-state index contributed by atoms with van der Waals surface area (Å²) < 4.78 is 4.83. The summed E-state index contributed by atoms with van der Waals surface area (Å²) in [6, 6.07) is 6.42. The van der Waals surface area contributed by atoms with E-state index in [-0.39, 0.29) is 11.5 Å². The Labute approximate surface area is 116 Å². The fourth-order valence-electron chi connectivity index (χ4n) is 2.32. The Kier molecular flexibility index (Phi) is 5.55. The third kappa shape index (κ3) is 4.35. The van der Waals surface area contributed by atoms with Crippen molar-refractivity contribution in [2.24, 2.45) is 0 Å². The topological polar surface area (TPSA) is 38.3 Å². The number of esters is 1. The molecule has 1 unspecified atom stereocenters. The molecule has 3 heteroatoms. The fourth-order valence-corrected chi connectivity index (χ4v) is 2.32. The highest BCUT2D eigenvalue weighted by Crippen LogP contribution is 2.27. The summed E-state index contributed by atoms with van der Waals surface area (Å²) in [5.74, 6) is -0.190. The molecule has 19 heavy (non-hydrogen) atoms. The summed E-state index contributed by atoms with van der Waals surface area (Å²) in [7, 11) is 1.43. The van der Waals surface area contributed by atoms with E-state index in [0.717, 1.165) is 18.5 Å². The number of methoxy groups -OCH3 is 1. The highest BCUT2D eigenvalue weighted by molar-refractivity contribution is 5.71. The molecular formula is C16H25NO2. The van der Waals surface area contributed by atoms with Crippen LogP contribution in [0.3, 0.4) is 0 Å². The van der Waals surface area contributed by atoms with Crippen LogP contribution in [-0.2, 0) is 15.1 Å². The molecule has 1 aromatic rings. The van der Waals surface area contributed by atoms with E-state index in [1.807, 2.05) is 0 Å². The van der Waals surface area contributed by atoms with E-state index in [1.165, 1.54) is 18.2 Å². The van der Waals surface area contributed by atoms with Crippen LogP contribution >= 0.6 is 0 Å². The zero-order valence-electron chi connectivity index (χ0n) is 12.7. The Morgan fingerprint density at radius 2 is 1.84 bits per heavy atom. The maximum atomic E-state index is 11.7.